The summed E-state index contributed by atoms with van der Waals surface area (Å²) in [6.07, 6.45) is 5.25. The molecule has 0 aliphatic heterocycles. The molecule has 3 N–H and O–H groups in total. The Labute approximate surface area is 98.5 Å². The Morgan fingerprint density at radius 1 is 1.59 bits per heavy atom. The minimum Gasteiger partial charge on any atom is -0.365 e. The normalized spacial score (nSPS) is 10.2. The summed E-state index contributed by atoms with van der Waals surface area (Å²) in [7, 11) is 1.85. The summed E-state index contributed by atoms with van der Waals surface area (Å²) in [5.41, 5.74) is 6.65. The van der Waals surface area contributed by atoms with Crippen LogP contribution in [0.3, 0.4) is 0 Å². The molecule has 0 radical (unpaired) electrons. The topological polar surface area (TPSA) is 85.8 Å². The summed E-state index contributed by atoms with van der Waals surface area (Å²) in [5.74, 6) is -0.00404. The summed E-state index contributed by atoms with van der Waals surface area (Å²) in [5, 5.41) is 7.11. The Morgan fingerprint density at radius 2 is 2.41 bits per heavy atom. The van der Waals surface area contributed by atoms with Crippen LogP contribution < -0.4 is 11.1 Å². The maximum absolute atomic E-state index is 11.2. The van der Waals surface area contributed by atoms with E-state index in [1.807, 2.05) is 13.2 Å². The average Bonchev–Trinajstić information content (AvgIpc) is 2.73. The van der Waals surface area contributed by atoms with Crippen molar-refractivity contribution >= 4 is 11.7 Å². The molecule has 0 bridgehead atoms. The van der Waals surface area contributed by atoms with Crippen molar-refractivity contribution < 1.29 is 4.79 Å². The summed E-state index contributed by atoms with van der Waals surface area (Å²) >= 11 is 0. The van der Waals surface area contributed by atoms with Gasteiger partial charge in [-0.2, -0.15) is 5.10 Å². The van der Waals surface area contributed by atoms with E-state index < -0.39 is 5.91 Å². The molecule has 0 saturated carbocycles. The van der Waals surface area contributed by atoms with Crippen molar-refractivity contribution in [2.75, 3.05) is 5.32 Å². The highest BCUT2D eigenvalue weighted by Gasteiger charge is 2.08. The number of hydrogen-bond donors (Lipinski definition) is 2. The van der Waals surface area contributed by atoms with Crippen LogP contribution in [0.2, 0.25) is 0 Å². The van der Waals surface area contributed by atoms with Gasteiger partial charge < -0.3 is 11.1 Å². The third-order valence-corrected chi connectivity index (χ3v) is 2.29. The zero-order valence-electron chi connectivity index (χ0n) is 9.42. The second kappa shape index (κ2) is 4.65. The van der Waals surface area contributed by atoms with Gasteiger partial charge in [0.25, 0.3) is 5.91 Å². The van der Waals surface area contributed by atoms with Crippen molar-refractivity contribution in [3.63, 3.8) is 0 Å². The van der Waals surface area contributed by atoms with Crippen molar-refractivity contribution in [1.82, 2.24) is 14.8 Å². The first-order valence-corrected chi connectivity index (χ1v) is 5.13. The molecule has 2 aromatic heterocycles. The number of amides is 1. The maximum atomic E-state index is 11.2. The highest BCUT2D eigenvalue weighted by Crippen LogP contribution is 2.11. The third-order valence-electron chi connectivity index (χ3n) is 2.29. The number of aromatic nitrogens is 3. The van der Waals surface area contributed by atoms with Gasteiger partial charge in [-0.05, 0) is 12.1 Å². The molecule has 88 valence electrons. The van der Waals surface area contributed by atoms with Crippen LogP contribution >= 0.6 is 0 Å². The molecule has 0 unspecified atom stereocenters. The number of aryl methyl sites for hydroxylation is 1. The van der Waals surface area contributed by atoms with Gasteiger partial charge in [0.15, 0.2) is 0 Å². The summed E-state index contributed by atoms with van der Waals surface area (Å²) in [6, 6.07) is 3.32. The van der Waals surface area contributed by atoms with Gasteiger partial charge in [-0.15, -0.1) is 0 Å². The highest BCUT2D eigenvalue weighted by molar-refractivity contribution is 5.97. The number of rotatable bonds is 4. The lowest BCUT2D eigenvalue weighted by molar-refractivity contribution is 0.100. The van der Waals surface area contributed by atoms with E-state index >= 15 is 0 Å². The lowest BCUT2D eigenvalue weighted by atomic mass is 10.2. The molecule has 6 heteroatoms. The largest absolute Gasteiger partial charge is 0.365 e. The number of carbonyl (C=O) groups is 1. The van der Waals surface area contributed by atoms with Gasteiger partial charge in [0.05, 0.1) is 11.8 Å². The fourth-order valence-corrected chi connectivity index (χ4v) is 1.49. The van der Waals surface area contributed by atoms with Crippen LogP contribution in [0.5, 0.6) is 0 Å². The summed E-state index contributed by atoms with van der Waals surface area (Å²) in [4.78, 5) is 15.2. The molecule has 2 heterocycles. The molecule has 2 aromatic rings. The number of nitrogens with two attached hydrogens (primary N) is 1. The average molecular weight is 231 g/mol. The fraction of sp³-hybridized carbons (Fsp3) is 0.182. The molecule has 0 aliphatic carbocycles. The fourth-order valence-electron chi connectivity index (χ4n) is 1.49. The van der Waals surface area contributed by atoms with Gasteiger partial charge in [0.2, 0.25) is 0 Å². The van der Waals surface area contributed by atoms with Crippen LogP contribution in [0.15, 0.2) is 30.7 Å². The second-order valence-electron chi connectivity index (χ2n) is 3.64. The van der Waals surface area contributed by atoms with Crippen molar-refractivity contribution in [2.24, 2.45) is 12.8 Å². The number of primary amides is 1. The predicted octanol–water partition coefficient (Wildman–Crippen LogP) is 0.526. The Morgan fingerprint density at radius 3 is 3.06 bits per heavy atom. The van der Waals surface area contributed by atoms with Gasteiger partial charge in [-0.25, -0.2) is 4.98 Å². The van der Waals surface area contributed by atoms with Gasteiger partial charge in [-0.3, -0.25) is 9.48 Å². The van der Waals surface area contributed by atoms with Gasteiger partial charge in [0.1, 0.15) is 5.82 Å². The predicted molar refractivity (Wildman–Crippen MR) is 63.3 cm³/mol. The van der Waals surface area contributed by atoms with Crippen LogP contribution in [0, 0.1) is 0 Å². The monoisotopic (exact) mass is 231 g/mol. The molecule has 2 rings (SSSR count). The molecule has 1 amide bonds. The molecule has 0 aliphatic rings. The standard InChI is InChI=1S/C11H13N5O/c1-16-7-8(6-15-16)5-14-11-9(10(12)17)3-2-4-13-11/h2-4,6-7H,5H2,1H3,(H2,12,17)(H,13,14). The van der Waals surface area contributed by atoms with Crippen molar-refractivity contribution in [3.05, 3.63) is 41.9 Å². The van der Waals surface area contributed by atoms with Crippen molar-refractivity contribution in [3.8, 4) is 0 Å². The highest BCUT2D eigenvalue weighted by atomic mass is 16.1. The number of anilines is 1. The van der Waals surface area contributed by atoms with E-state index in [1.54, 1.807) is 29.2 Å². The molecule has 0 fully saturated rings. The van der Waals surface area contributed by atoms with E-state index in [0.717, 1.165) is 5.56 Å². The molecule has 0 atom stereocenters. The molecule has 6 nitrogen and oxygen atoms in total. The Balaban J connectivity index is 2.11. The molecule has 0 saturated heterocycles. The lowest BCUT2D eigenvalue weighted by Crippen LogP contribution is -2.15. The Hall–Kier alpha value is -2.37. The van der Waals surface area contributed by atoms with Crippen molar-refractivity contribution in [1.29, 1.82) is 0 Å². The van der Waals surface area contributed by atoms with Crippen LogP contribution in [-0.4, -0.2) is 20.7 Å². The zero-order chi connectivity index (χ0) is 12.3. The smallest absolute Gasteiger partial charge is 0.252 e. The van der Waals surface area contributed by atoms with Crippen LogP contribution in [0.4, 0.5) is 5.82 Å². The van der Waals surface area contributed by atoms with E-state index in [2.05, 4.69) is 15.4 Å². The first-order valence-electron chi connectivity index (χ1n) is 5.13. The minimum atomic E-state index is -0.494. The first kappa shape index (κ1) is 11.1. The quantitative estimate of drug-likeness (QED) is 0.803. The van der Waals surface area contributed by atoms with Gasteiger partial charge in [0, 0.05) is 31.5 Å². The molecule has 0 aromatic carbocycles. The minimum absolute atomic E-state index is 0.386. The van der Waals surface area contributed by atoms with E-state index in [0.29, 0.717) is 17.9 Å². The van der Waals surface area contributed by atoms with Gasteiger partial charge in [-0.1, -0.05) is 0 Å². The molecular weight excluding hydrogens is 218 g/mol. The number of hydrogen-bond acceptors (Lipinski definition) is 4. The third kappa shape index (κ3) is 2.60. The molecule has 0 spiro atoms. The summed E-state index contributed by atoms with van der Waals surface area (Å²) in [6.45, 7) is 0.547. The van der Waals surface area contributed by atoms with Crippen LogP contribution in [-0.2, 0) is 13.6 Å². The van der Waals surface area contributed by atoms with Crippen LogP contribution in [0.1, 0.15) is 15.9 Å². The van der Waals surface area contributed by atoms with E-state index in [4.69, 9.17) is 5.73 Å². The number of pyridine rings is 1. The number of carbonyl (C=O) groups excluding carboxylic acids is 1. The zero-order valence-corrected chi connectivity index (χ0v) is 9.42. The molecule has 17 heavy (non-hydrogen) atoms. The molecular formula is C11H13N5O. The second-order valence-corrected chi connectivity index (χ2v) is 3.64. The van der Waals surface area contributed by atoms with Crippen molar-refractivity contribution in [2.45, 2.75) is 6.54 Å². The Kier molecular flexibility index (Phi) is 3.04. The lowest BCUT2D eigenvalue weighted by Gasteiger charge is -2.06. The first-order chi connectivity index (χ1) is 8.16. The van der Waals surface area contributed by atoms with E-state index in [-0.39, 0.29) is 0 Å². The SMILES string of the molecule is Cn1cc(CNc2ncccc2C(N)=O)cn1. The Bertz CT molecular complexity index is 534. The van der Waals surface area contributed by atoms with E-state index in [9.17, 15) is 4.79 Å². The maximum Gasteiger partial charge on any atom is 0.252 e. The van der Waals surface area contributed by atoms with E-state index in [1.165, 1.54) is 0 Å². The number of nitrogens with one attached hydrogen (secondary N) is 1. The summed E-state index contributed by atoms with van der Waals surface area (Å²) < 4.78 is 1.71. The van der Waals surface area contributed by atoms with Crippen LogP contribution in [0.25, 0.3) is 0 Å². The van der Waals surface area contributed by atoms with Gasteiger partial charge >= 0.3 is 0 Å². The number of nitrogens with zero attached hydrogens (tertiary/aromatic N) is 3.